The largest absolute Gasteiger partial charge is 0.398 e. The van der Waals surface area contributed by atoms with Gasteiger partial charge in [0.2, 0.25) is 0 Å². The number of nitrogens with zero attached hydrogens (tertiary/aromatic N) is 2. The van der Waals surface area contributed by atoms with Crippen molar-refractivity contribution in [2.75, 3.05) is 5.73 Å². The van der Waals surface area contributed by atoms with Gasteiger partial charge in [0.25, 0.3) is 0 Å². The summed E-state index contributed by atoms with van der Waals surface area (Å²) in [6.45, 7) is 4.04. The molecule has 3 N–H and O–H groups in total. The second-order valence-corrected chi connectivity index (χ2v) is 5.48. The van der Waals surface area contributed by atoms with Crippen LogP contribution in [0.25, 0.3) is 22.1 Å². The first kappa shape index (κ1) is 11.9. The molecule has 0 amide bonds. The molecule has 0 spiro atoms. The summed E-state index contributed by atoms with van der Waals surface area (Å²) in [5.74, 6) is 1.43. The highest BCUT2D eigenvalue weighted by atomic mass is 32.1. The number of H-pyrrole nitrogens is 1. The number of rotatable bonds is 2. The van der Waals surface area contributed by atoms with Crippen LogP contribution in [-0.4, -0.2) is 15.2 Å². The molecule has 0 radical (unpaired) electrons. The van der Waals surface area contributed by atoms with E-state index in [2.05, 4.69) is 21.2 Å². The molecule has 96 valence electrons. The van der Waals surface area contributed by atoms with Crippen molar-refractivity contribution in [1.82, 2.24) is 15.2 Å². The van der Waals surface area contributed by atoms with Gasteiger partial charge >= 0.3 is 0 Å². The second-order valence-electron chi connectivity index (χ2n) is 4.53. The van der Waals surface area contributed by atoms with Gasteiger partial charge < -0.3 is 5.73 Å². The van der Waals surface area contributed by atoms with Crippen LogP contribution >= 0.6 is 11.3 Å². The van der Waals surface area contributed by atoms with Crippen molar-refractivity contribution in [3.05, 3.63) is 40.8 Å². The van der Waals surface area contributed by atoms with E-state index in [-0.39, 0.29) is 0 Å². The van der Waals surface area contributed by atoms with Crippen LogP contribution < -0.4 is 5.73 Å². The molecule has 0 atom stereocenters. The zero-order valence-electron chi connectivity index (χ0n) is 10.8. The Morgan fingerprint density at radius 3 is 2.84 bits per heavy atom. The first-order valence-corrected chi connectivity index (χ1v) is 6.86. The SMILES string of the molecule is Cc1cc(C)c(N)c(-c2n[nH]c(-c3cccs3)n2)c1. The molecule has 1 aromatic carbocycles. The summed E-state index contributed by atoms with van der Waals surface area (Å²) in [5.41, 5.74) is 9.95. The van der Waals surface area contributed by atoms with Gasteiger partial charge in [-0.3, -0.25) is 5.10 Å². The van der Waals surface area contributed by atoms with Crippen molar-refractivity contribution in [2.24, 2.45) is 0 Å². The first-order chi connectivity index (χ1) is 9.15. The Bertz CT molecular complexity index is 713. The predicted octanol–water partition coefficient (Wildman–Crippen LogP) is 3.40. The van der Waals surface area contributed by atoms with Gasteiger partial charge in [0, 0.05) is 11.3 Å². The van der Waals surface area contributed by atoms with E-state index in [9.17, 15) is 0 Å². The Balaban J connectivity index is 2.09. The summed E-state index contributed by atoms with van der Waals surface area (Å²) >= 11 is 1.63. The fourth-order valence-electron chi connectivity index (χ4n) is 2.07. The fourth-order valence-corrected chi connectivity index (χ4v) is 2.73. The molecule has 5 heteroatoms. The number of benzene rings is 1. The summed E-state index contributed by atoms with van der Waals surface area (Å²) in [6, 6.07) is 8.09. The third-order valence-electron chi connectivity index (χ3n) is 3.01. The van der Waals surface area contributed by atoms with Crippen LogP contribution in [0.1, 0.15) is 11.1 Å². The molecule has 0 saturated carbocycles. The second kappa shape index (κ2) is 4.51. The van der Waals surface area contributed by atoms with Gasteiger partial charge in [-0.15, -0.1) is 11.3 Å². The molecule has 2 aromatic heterocycles. The average Bonchev–Trinajstić information content (AvgIpc) is 3.03. The number of hydrogen-bond acceptors (Lipinski definition) is 4. The third kappa shape index (κ3) is 2.13. The number of thiophene rings is 1. The lowest BCUT2D eigenvalue weighted by Gasteiger charge is -2.06. The van der Waals surface area contributed by atoms with Crippen LogP contribution in [0.2, 0.25) is 0 Å². The number of hydrogen-bond donors (Lipinski definition) is 2. The molecule has 0 aliphatic rings. The van der Waals surface area contributed by atoms with E-state index < -0.39 is 0 Å². The minimum Gasteiger partial charge on any atom is -0.398 e. The van der Waals surface area contributed by atoms with Crippen LogP contribution in [0.5, 0.6) is 0 Å². The van der Waals surface area contributed by atoms with Crippen molar-refractivity contribution in [2.45, 2.75) is 13.8 Å². The summed E-state index contributed by atoms with van der Waals surface area (Å²) in [7, 11) is 0. The lowest BCUT2D eigenvalue weighted by molar-refractivity contribution is 1.10. The molecule has 2 heterocycles. The van der Waals surface area contributed by atoms with E-state index in [0.717, 1.165) is 33.1 Å². The van der Waals surface area contributed by atoms with Gasteiger partial charge in [0.05, 0.1) is 4.88 Å². The summed E-state index contributed by atoms with van der Waals surface area (Å²) in [5, 5.41) is 9.26. The number of aryl methyl sites for hydroxylation is 2. The first-order valence-electron chi connectivity index (χ1n) is 5.98. The smallest absolute Gasteiger partial charge is 0.183 e. The zero-order valence-corrected chi connectivity index (χ0v) is 11.6. The summed E-state index contributed by atoms with van der Waals surface area (Å²) in [6.07, 6.45) is 0. The fraction of sp³-hybridized carbons (Fsp3) is 0.143. The molecule has 4 nitrogen and oxygen atoms in total. The van der Waals surface area contributed by atoms with Gasteiger partial charge in [-0.05, 0) is 42.5 Å². The Morgan fingerprint density at radius 2 is 2.11 bits per heavy atom. The molecular formula is C14H14N4S. The van der Waals surface area contributed by atoms with Crippen LogP contribution in [0, 0.1) is 13.8 Å². The average molecular weight is 270 g/mol. The lowest BCUT2D eigenvalue weighted by Crippen LogP contribution is -1.96. The van der Waals surface area contributed by atoms with E-state index in [4.69, 9.17) is 5.73 Å². The van der Waals surface area contributed by atoms with E-state index in [0.29, 0.717) is 5.82 Å². The highest BCUT2D eigenvalue weighted by molar-refractivity contribution is 7.13. The van der Waals surface area contributed by atoms with Crippen LogP contribution in [0.15, 0.2) is 29.6 Å². The van der Waals surface area contributed by atoms with E-state index in [1.807, 2.05) is 37.4 Å². The molecule has 0 unspecified atom stereocenters. The molecule has 0 aliphatic carbocycles. The zero-order chi connectivity index (χ0) is 13.4. The van der Waals surface area contributed by atoms with E-state index in [1.165, 1.54) is 0 Å². The number of nitrogens with one attached hydrogen (secondary N) is 1. The predicted molar refractivity (Wildman–Crippen MR) is 79.0 cm³/mol. The Hall–Kier alpha value is -2.14. The van der Waals surface area contributed by atoms with Crippen molar-refractivity contribution < 1.29 is 0 Å². The number of aromatic nitrogens is 3. The molecule has 0 fully saturated rings. The van der Waals surface area contributed by atoms with Crippen molar-refractivity contribution in [3.63, 3.8) is 0 Å². The molecule has 19 heavy (non-hydrogen) atoms. The molecule has 0 bridgehead atoms. The molecule has 0 aliphatic heterocycles. The maximum absolute atomic E-state index is 6.12. The highest BCUT2D eigenvalue weighted by Crippen LogP contribution is 2.29. The maximum atomic E-state index is 6.12. The Morgan fingerprint density at radius 1 is 1.26 bits per heavy atom. The van der Waals surface area contributed by atoms with Gasteiger partial charge in [-0.2, -0.15) is 5.10 Å². The van der Waals surface area contributed by atoms with Crippen molar-refractivity contribution in [1.29, 1.82) is 0 Å². The van der Waals surface area contributed by atoms with Gasteiger partial charge in [-0.25, -0.2) is 4.98 Å². The van der Waals surface area contributed by atoms with E-state index in [1.54, 1.807) is 11.3 Å². The summed E-state index contributed by atoms with van der Waals surface area (Å²) < 4.78 is 0. The summed E-state index contributed by atoms with van der Waals surface area (Å²) in [4.78, 5) is 5.60. The van der Waals surface area contributed by atoms with Crippen LogP contribution in [-0.2, 0) is 0 Å². The normalized spacial score (nSPS) is 10.8. The number of nitrogen functional groups attached to an aromatic ring is 1. The van der Waals surface area contributed by atoms with Gasteiger partial charge in [-0.1, -0.05) is 12.1 Å². The van der Waals surface area contributed by atoms with Gasteiger partial charge in [0.15, 0.2) is 11.6 Å². The number of anilines is 1. The van der Waals surface area contributed by atoms with Crippen LogP contribution in [0.3, 0.4) is 0 Å². The third-order valence-corrected chi connectivity index (χ3v) is 3.89. The lowest BCUT2D eigenvalue weighted by atomic mass is 10.0. The number of nitrogens with two attached hydrogens (primary N) is 1. The quantitative estimate of drug-likeness (QED) is 0.701. The van der Waals surface area contributed by atoms with Gasteiger partial charge in [0.1, 0.15) is 0 Å². The van der Waals surface area contributed by atoms with E-state index >= 15 is 0 Å². The standard InChI is InChI=1S/C14H14N4S/c1-8-6-9(2)12(15)10(7-8)13-16-14(18-17-13)11-4-3-5-19-11/h3-7H,15H2,1-2H3,(H,16,17,18). The number of aromatic amines is 1. The minimum absolute atomic E-state index is 0.646. The molecule has 3 aromatic rings. The van der Waals surface area contributed by atoms with Crippen LogP contribution in [0.4, 0.5) is 5.69 Å². The molecule has 0 saturated heterocycles. The molecule has 3 rings (SSSR count). The Kier molecular flexibility index (Phi) is 2.83. The Labute approximate surface area is 115 Å². The minimum atomic E-state index is 0.646. The highest BCUT2D eigenvalue weighted by Gasteiger charge is 2.12. The molecular weight excluding hydrogens is 256 g/mol. The van der Waals surface area contributed by atoms with Crippen molar-refractivity contribution in [3.8, 4) is 22.1 Å². The topological polar surface area (TPSA) is 67.6 Å². The maximum Gasteiger partial charge on any atom is 0.183 e. The monoisotopic (exact) mass is 270 g/mol. The van der Waals surface area contributed by atoms with Crippen molar-refractivity contribution >= 4 is 17.0 Å².